The lowest BCUT2D eigenvalue weighted by Gasteiger charge is -2.35. The van der Waals surface area contributed by atoms with Crippen molar-refractivity contribution < 1.29 is 9.18 Å². The van der Waals surface area contributed by atoms with Crippen LogP contribution < -0.4 is 5.56 Å². The Bertz CT molecular complexity index is 1320. The molecule has 0 radical (unpaired) electrons. The van der Waals surface area contributed by atoms with Crippen LogP contribution in [0.25, 0.3) is 16.9 Å². The van der Waals surface area contributed by atoms with Crippen LogP contribution in [0.4, 0.5) is 4.39 Å². The Kier molecular flexibility index (Phi) is 5.51. The smallest absolute Gasteiger partial charge is 0.282 e. The lowest BCUT2D eigenvalue weighted by molar-refractivity contribution is 0.0626. The fraction of sp³-hybridized carbons (Fsp3) is 0.240. The molecule has 5 rings (SSSR count). The number of rotatable bonds is 4. The lowest BCUT2D eigenvalue weighted by Crippen LogP contribution is -2.48. The molecule has 0 aromatic heterocycles. The lowest BCUT2D eigenvalue weighted by atomic mass is 10.1. The quantitative estimate of drug-likeness (QED) is 0.485. The van der Waals surface area contributed by atoms with Gasteiger partial charge in [0, 0.05) is 57.7 Å². The Balaban J connectivity index is 1.38. The number of hydrogen-bond donors (Lipinski definition) is 0. The van der Waals surface area contributed by atoms with Gasteiger partial charge in [0.2, 0.25) is 0 Å². The summed E-state index contributed by atoms with van der Waals surface area (Å²) in [6, 6.07) is 15.9. The topological polar surface area (TPSA) is 63.4 Å². The Hall–Kier alpha value is -3.78. The third kappa shape index (κ3) is 4.05. The molecule has 0 unspecified atom stereocenters. The molecule has 8 heteroatoms. The van der Waals surface area contributed by atoms with Gasteiger partial charge in [0.05, 0.1) is 16.8 Å². The van der Waals surface area contributed by atoms with Gasteiger partial charge in [-0.2, -0.15) is 9.78 Å². The van der Waals surface area contributed by atoms with Crippen molar-refractivity contribution in [3.8, 4) is 16.9 Å². The second kappa shape index (κ2) is 8.63. The highest BCUT2D eigenvalue weighted by Gasteiger charge is 2.29. The first-order valence-electron chi connectivity index (χ1n) is 10.9. The van der Waals surface area contributed by atoms with E-state index in [1.807, 2.05) is 36.4 Å². The molecule has 0 spiro atoms. The van der Waals surface area contributed by atoms with Crippen molar-refractivity contribution in [3.05, 3.63) is 94.3 Å². The van der Waals surface area contributed by atoms with Crippen LogP contribution in [-0.4, -0.2) is 56.2 Å². The summed E-state index contributed by atoms with van der Waals surface area (Å²) >= 11 is 0. The van der Waals surface area contributed by atoms with Crippen LogP contribution in [0.5, 0.6) is 0 Å². The van der Waals surface area contributed by atoms with Crippen LogP contribution in [0.3, 0.4) is 0 Å². The summed E-state index contributed by atoms with van der Waals surface area (Å²) in [6.45, 7) is 2.86. The van der Waals surface area contributed by atoms with E-state index in [9.17, 15) is 14.0 Å². The second-order valence-corrected chi connectivity index (χ2v) is 8.31. The number of benzene rings is 2. The molecule has 7 nitrogen and oxygen atoms in total. The first-order chi connectivity index (χ1) is 16.0. The van der Waals surface area contributed by atoms with Crippen molar-refractivity contribution in [3.63, 3.8) is 0 Å². The predicted molar refractivity (Wildman–Crippen MR) is 123 cm³/mol. The summed E-state index contributed by atoms with van der Waals surface area (Å²) < 4.78 is 17.1. The Morgan fingerprint density at radius 2 is 1.67 bits per heavy atom. The van der Waals surface area contributed by atoms with Gasteiger partial charge in [-0.3, -0.25) is 14.5 Å². The van der Waals surface area contributed by atoms with E-state index in [0.29, 0.717) is 60.8 Å². The van der Waals surface area contributed by atoms with Gasteiger partial charge in [-0.25, -0.2) is 4.39 Å². The molecule has 33 heavy (non-hydrogen) atoms. The van der Waals surface area contributed by atoms with Crippen LogP contribution in [-0.2, 0) is 13.6 Å². The zero-order valence-corrected chi connectivity index (χ0v) is 18.3. The molecule has 1 saturated heterocycles. The maximum absolute atomic E-state index is 14.0. The standard InChI is InChI=1S/C25H24FN5O2/c1-28-16-20(23-21(17-28)25(33)31(27-23)19-8-3-2-4-9-19)24(32)30-13-11-29(12-14-30)15-18-7-5-6-10-22(18)26/h2-10,16-17H,11-15H2,1H3. The Labute approximate surface area is 190 Å². The molecule has 0 aliphatic carbocycles. The number of amides is 1. The number of halogens is 1. The van der Waals surface area contributed by atoms with Crippen LogP contribution in [0.1, 0.15) is 15.9 Å². The normalized spacial score (nSPS) is 14.7. The van der Waals surface area contributed by atoms with E-state index in [0.717, 1.165) is 0 Å². The molecule has 0 atom stereocenters. The molecule has 168 valence electrons. The highest BCUT2D eigenvalue weighted by atomic mass is 19.1. The van der Waals surface area contributed by atoms with Gasteiger partial charge in [0.25, 0.3) is 11.5 Å². The predicted octanol–water partition coefficient (Wildman–Crippen LogP) is 2.77. The average Bonchev–Trinajstić information content (AvgIpc) is 3.17. The zero-order chi connectivity index (χ0) is 22.9. The summed E-state index contributed by atoms with van der Waals surface area (Å²) in [7, 11) is 1.79. The summed E-state index contributed by atoms with van der Waals surface area (Å²) in [6.07, 6.45) is 3.42. The van der Waals surface area contributed by atoms with Crippen molar-refractivity contribution in [2.24, 2.45) is 7.05 Å². The molecule has 3 heterocycles. The van der Waals surface area contributed by atoms with E-state index in [1.165, 1.54) is 10.7 Å². The van der Waals surface area contributed by atoms with Gasteiger partial charge in [-0.05, 0) is 18.2 Å². The van der Waals surface area contributed by atoms with Gasteiger partial charge in [-0.15, -0.1) is 0 Å². The van der Waals surface area contributed by atoms with Crippen LogP contribution in [0, 0.1) is 5.82 Å². The molecule has 3 aliphatic heterocycles. The molecular weight excluding hydrogens is 421 g/mol. The number of para-hydroxylation sites is 1. The minimum Gasteiger partial charge on any atom is -0.356 e. The van der Waals surface area contributed by atoms with E-state index in [-0.39, 0.29) is 17.3 Å². The summed E-state index contributed by atoms with van der Waals surface area (Å²) in [4.78, 5) is 30.3. The number of carbonyl (C=O) groups excluding carboxylic acids is 1. The van der Waals surface area contributed by atoms with E-state index in [1.54, 1.807) is 41.0 Å². The number of piperazine rings is 1. The number of carbonyl (C=O) groups is 1. The van der Waals surface area contributed by atoms with Crippen molar-refractivity contribution in [2.45, 2.75) is 6.54 Å². The van der Waals surface area contributed by atoms with E-state index in [2.05, 4.69) is 10.00 Å². The Morgan fingerprint density at radius 1 is 0.970 bits per heavy atom. The third-order valence-electron chi connectivity index (χ3n) is 6.04. The van der Waals surface area contributed by atoms with Crippen molar-refractivity contribution >= 4 is 5.91 Å². The van der Waals surface area contributed by atoms with Crippen molar-refractivity contribution in [1.29, 1.82) is 0 Å². The molecule has 0 bridgehead atoms. The summed E-state index contributed by atoms with van der Waals surface area (Å²) in [5, 5.41) is 4.51. The summed E-state index contributed by atoms with van der Waals surface area (Å²) in [5.74, 6) is -0.364. The van der Waals surface area contributed by atoms with Crippen molar-refractivity contribution in [1.82, 2.24) is 24.1 Å². The second-order valence-electron chi connectivity index (χ2n) is 8.31. The number of fused-ring (bicyclic) bond motifs is 1. The van der Waals surface area contributed by atoms with Crippen molar-refractivity contribution in [2.75, 3.05) is 26.2 Å². The fourth-order valence-corrected chi connectivity index (χ4v) is 4.28. The number of pyridine rings is 1. The van der Waals surface area contributed by atoms with Crippen LogP contribution in [0.2, 0.25) is 0 Å². The van der Waals surface area contributed by atoms with Gasteiger partial charge in [-0.1, -0.05) is 36.4 Å². The fourth-order valence-electron chi connectivity index (χ4n) is 4.28. The number of hydrogen-bond acceptors (Lipinski definition) is 4. The Morgan fingerprint density at radius 3 is 2.39 bits per heavy atom. The average molecular weight is 445 g/mol. The van der Waals surface area contributed by atoms with Crippen LogP contribution >= 0.6 is 0 Å². The maximum Gasteiger partial charge on any atom is 0.282 e. The molecule has 1 amide bonds. The van der Waals surface area contributed by atoms with Crippen LogP contribution in [0.15, 0.2) is 71.8 Å². The molecule has 0 N–H and O–H groups in total. The van der Waals surface area contributed by atoms with Gasteiger partial charge in [0.1, 0.15) is 11.5 Å². The number of nitrogens with zero attached hydrogens (tertiary/aromatic N) is 5. The number of aromatic nitrogens is 3. The van der Waals surface area contributed by atoms with E-state index < -0.39 is 0 Å². The zero-order valence-electron chi connectivity index (χ0n) is 18.3. The number of aryl methyl sites for hydroxylation is 1. The molecule has 2 aromatic rings. The van der Waals surface area contributed by atoms with E-state index in [4.69, 9.17) is 0 Å². The first-order valence-corrected chi connectivity index (χ1v) is 10.9. The van der Waals surface area contributed by atoms with Gasteiger partial charge < -0.3 is 9.47 Å². The molecule has 2 aromatic carbocycles. The largest absolute Gasteiger partial charge is 0.356 e. The van der Waals surface area contributed by atoms with Gasteiger partial charge >= 0.3 is 0 Å². The first kappa shape index (κ1) is 21.1. The highest BCUT2D eigenvalue weighted by molar-refractivity contribution is 6.00. The minimum absolute atomic E-state index is 0.153. The molecule has 3 aliphatic rings. The minimum atomic E-state index is -0.254. The van der Waals surface area contributed by atoms with E-state index >= 15 is 0 Å². The monoisotopic (exact) mass is 445 g/mol. The molecule has 1 fully saturated rings. The highest BCUT2D eigenvalue weighted by Crippen LogP contribution is 2.24. The third-order valence-corrected chi connectivity index (χ3v) is 6.04. The molecular formula is C25H24FN5O2. The van der Waals surface area contributed by atoms with Gasteiger partial charge in [0.15, 0.2) is 0 Å². The maximum atomic E-state index is 14.0. The molecule has 0 saturated carbocycles. The SMILES string of the molecule is Cn1cc(C(=O)N2CCN(Cc3ccccc3F)CC2)c2nn(-c3ccccc3)c(=O)c-2c1. The summed E-state index contributed by atoms with van der Waals surface area (Å²) in [5.41, 5.74) is 2.27.